The van der Waals surface area contributed by atoms with Gasteiger partial charge in [-0.15, -0.1) is 0 Å². The summed E-state index contributed by atoms with van der Waals surface area (Å²) < 4.78 is 28.7. The van der Waals surface area contributed by atoms with Gasteiger partial charge in [0.25, 0.3) is 5.92 Å². The minimum atomic E-state index is -2.49. The first-order chi connectivity index (χ1) is 8.56. The van der Waals surface area contributed by atoms with Gasteiger partial charge in [-0.3, -0.25) is 9.80 Å². The lowest BCUT2D eigenvalue weighted by Gasteiger charge is -2.60. The van der Waals surface area contributed by atoms with E-state index in [2.05, 4.69) is 11.8 Å². The number of halogens is 2. The fraction of sp³-hybridized carbons (Fsp3) is 1.00. The summed E-state index contributed by atoms with van der Waals surface area (Å²) >= 11 is 0. The van der Waals surface area contributed by atoms with Crippen molar-refractivity contribution in [2.75, 3.05) is 32.7 Å². The van der Waals surface area contributed by atoms with Gasteiger partial charge in [0.15, 0.2) is 0 Å². The summed E-state index contributed by atoms with van der Waals surface area (Å²) in [5, 5.41) is 0. The zero-order chi connectivity index (χ0) is 12.8. The predicted octanol–water partition coefficient (Wildman–Crippen LogP) is 2.59. The molecule has 2 saturated heterocycles. The molecule has 4 heteroatoms. The Morgan fingerprint density at radius 2 is 1.89 bits per heavy atom. The molecule has 0 aromatic heterocycles. The zero-order valence-electron chi connectivity index (χ0n) is 11.3. The highest BCUT2D eigenvalue weighted by atomic mass is 19.3. The van der Waals surface area contributed by atoms with Gasteiger partial charge in [-0.2, -0.15) is 0 Å². The molecule has 1 aliphatic carbocycles. The Hall–Kier alpha value is -0.220. The third kappa shape index (κ3) is 1.88. The molecule has 0 radical (unpaired) electrons. The molecular weight excluding hydrogens is 234 g/mol. The number of hydrogen-bond acceptors (Lipinski definition) is 2. The molecule has 0 atom stereocenters. The minimum absolute atomic E-state index is 0.0145. The summed E-state index contributed by atoms with van der Waals surface area (Å²) in [6.07, 6.45) is 5.39. The minimum Gasteiger partial charge on any atom is -0.299 e. The van der Waals surface area contributed by atoms with Crippen LogP contribution in [0.25, 0.3) is 0 Å². The largest absolute Gasteiger partial charge is 0.299 e. The van der Waals surface area contributed by atoms with Crippen molar-refractivity contribution in [1.29, 1.82) is 0 Å². The third-order valence-electron chi connectivity index (χ3n) is 5.25. The average Bonchev–Trinajstić information content (AvgIpc) is 2.16. The van der Waals surface area contributed by atoms with Gasteiger partial charge in [0.1, 0.15) is 0 Å². The Labute approximate surface area is 108 Å². The molecule has 2 heterocycles. The Bertz CT molecular complexity index is 309. The monoisotopic (exact) mass is 258 g/mol. The second kappa shape index (κ2) is 4.41. The van der Waals surface area contributed by atoms with Gasteiger partial charge in [-0.25, -0.2) is 8.78 Å². The summed E-state index contributed by atoms with van der Waals surface area (Å²) in [5.41, 5.74) is -0.688. The van der Waals surface area contributed by atoms with Gasteiger partial charge >= 0.3 is 0 Å². The van der Waals surface area contributed by atoms with Gasteiger partial charge < -0.3 is 0 Å². The number of hydrogen-bond donors (Lipinski definition) is 0. The smallest absolute Gasteiger partial charge is 0.268 e. The number of alkyl halides is 2. The first-order valence-electron chi connectivity index (χ1n) is 7.41. The highest BCUT2D eigenvalue weighted by Crippen LogP contribution is 2.51. The molecule has 2 nitrogen and oxygen atoms in total. The number of likely N-dealkylation sites (tertiary alicyclic amines) is 2. The standard InChI is InChI=1S/C14H24F2N2/c1-2-7-17-8-6-13(14(15,16)11-17)9-18(10-13)12-4-3-5-12/h12H,2-11H2,1H3. The summed E-state index contributed by atoms with van der Waals surface area (Å²) in [6.45, 7) is 5.01. The second-order valence-corrected chi connectivity index (χ2v) is 6.50. The van der Waals surface area contributed by atoms with Crippen LogP contribution in [0.15, 0.2) is 0 Å². The molecular formula is C14H24F2N2. The lowest BCUT2D eigenvalue weighted by atomic mass is 9.67. The molecule has 0 N–H and O–H groups in total. The topological polar surface area (TPSA) is 6.48 Å². The maximum Gasteiger partial charge on any atom is 0.268 e. The van der Waals surface area contributed by atoms with E-state index in [4.69, 9.17) is 0 Å². The third-order valence-corrected chi connectivity index (χ3v) is 5.25. The van der Waals surface area contributed by atoms with Crippen LogP contribution >= 0.6 is 0 Å². The highest BCUT2D eigenvalue weighted by molar-refractivity contribution is 5.09. The van der Waals surface area contributed by atoms with Crippen molar-refractivity contribution < 1.29 is 8.78 Å². The summed E-state index contributed by atoms with van der Waals surface area (Å²) in [7, 11) is 0. The zero-order valence-corrected chi connectivity index (χ0v) is 11.3. The van der Waals surface area contributed by atoms with E-state index in [0.717, 1.165) is 19.5 Å². The van der Waals surface area contributed by atoms with Gasteiger partial charge in [0, 0.05) is 19.1 Å². The molecule has 18 heavy (non-hydrogen) atoms. The first-order valence-corrected chi connectivity index (χ1v) is 7.41. The van der Waals surface area contributed by atoms with Crippen LogP contribution in [0.4, 0.5) is 8.78 Å². The fourth-order valence-electron chi connectivity index (χ4n) is 3.72. The molecule has 0 amide bonds. The van der Waals surface area contributed by atoms with Crippen LogP contribution in [0.5, 0.6) is 0 Å². The van der Waals surface area contributed by atoms with Gasteiger partial charge in [0.2, 0.25) is 0 Å². The van der Waals surface area contributed by atoms with E-state index in [1.54, 1.807) is 0 Å². The average molecular weight is 258 g/mol. The number of piperidine rings is 1. The molecule has 104 valence electrons. The van der Waals surface area contributed by atoms with Crippen LogP contribution in [0.3, 0.4) is 0 Å². The normalized spacial score (nSPS) is 32.2. The van der Waals surface area contributed by atoms with E-state index in [0.29, 0.717) is 25.6 Å². The van der Waals surface area contributed by atoms with Crippen molar-refractivity contribution >= 4 is 0 Å². The van der Waals surface area contributed by atoms with Gasteiger partial charge in [-0.05, 0) is 38.8 Å². The van der Waals surface area contributed by atoms with Gasteiger partial charge in [0.05, 0.1) is 12.0 Å². The van der Waals surface area contributed by atoms with Gasteiger partial charge in [-0.1, -0.05) is 13.3 Å². The Kier molecular flexibility index (Phi) is 3.14. The van der Waals surface area contributed by atoms with Crippen molar-refractivity contribution in [2.24, 2.45) is 5.41 Å². The van der Waals surface area contributed by atoms with Crippen molar-refractivity contribution in [3.63, 3.8) is 0 Å². The molecule has 0 aromatic rings. The fourth-order valence-corrected chi connectivity index (χ4v) is 3.72. The molecule has 3 rings (SSSR count). The summed E-state index contributed by atoms with van der Waals surface area (Å²) in [5.74, 6) is -2.49. The van der Waals surface area contributed by atoms with E-state index in [-0.39, 0.29) is 6.54 Å². The number of rotatable bonds is 3. The van der Waals surface area contributed by atoms with Crippen LogP contribution < -0.4 is 0 Å². The summed E-state index contributed by atoms with van der Waals surface area (Å²) in [4.78, 5) is 4.24. The van der Waals surface area contributed by atoms with Crippen LogP contribution in [0.1, 0.15) is 39.0 Å². The maximum absolute atomic E-state index is 14.4. The molecule has 0 bridgehead atoms. The van der Waals surface area contributed by atoms with Crippen molar-refractivity contribution in [3.8, 4) is 0 Å². The second-order valence-electron chi connectivity index (χ2n) is 6.50. The van der Waals surface area contributed by atoms with Crippen molar-refractivity contribution in [3.05, 3.63) is 0 Å². The Balaban J connectivity index is 1.60. The van der Waals surface area contributed by atoms with E-state index in [9.17, 15) is 8.78 Å². The van der Waals surface area contributed by atoms with Crippen LogP contribution in [-0.2, 0) is 0 Å². The van der Waals surface area contributed by atoms with Crippen LogP contribution in [-0.4, -0.2) is 54.5 Å². The summed E-state index contributed by atoms with van der Waals surface area (Å²) in [6, 6.07) is 0.625. The van der Waals surface area contributed by atoms with Crippen molar-refractivity contribution in [2.45, 2.75) is 51.0 Å². The first kappa shape index (κ1) is 12.8. The SMILES string of the molecule is CCCN1CCC2(CN(C3CCC3)C2)C(F)(F)C1. The van der Waals surface area contributed by atoms with Crippen LogP contribution in [0, 0.1) is 5.41 Å². The molecule has 1 saturated carbocycles. The van der Waals surface area contributed by atoms with E-state index < -0.39 is 11.3 Å². The Morgan fingerprint density at radius 1 is 1.17 bits per heavy atom. The maximum atomic E-state index is 14.4. The molecule has 0 aromatic carbocycles. The Morgan fingerprint density at radius 3 is 2.39 bits per heavy atom. The van der Waals surface area contributed by atoms with E-state index in [1.807, 2.05) is 4.90 Å². The van der Waals surface area contributed by atoms with E-state index >= 15 is 0 Å². The molecule has 2 aliphatic heterocycles. The molecule has 3 aliphatic rings. The lowest BCUT2D eigenvalue weighted by Crippen LogP contribution is -2.72. The molecule has 3 fully saturated rings. The number of nitrogens with zero attached hydrogens (tertiary/aromatic N) is 2. The quantitative estimate of drug-likeness (QED) is 0.767. The lowest BCUT2D eigenvalue weighted by molar-refractivity contribution is -0.235. The van der Waals surface area contributed by atoms with Crippen LogP contribution in [0.2, 0.25) is 0 Å². The van der Waals surface area contributed by atoms with E-state index in [1.165, 1.54) is 19.3 Å². The highest BCUT2D eigenvalue weighted by Gasteiger charge is 2.63. The predicted molar refractivity (Wildman–Crippen MR) is 67.9 cm³/mol. The van der Waals surface area contributed by atoms with Crippen molar-refractivity contribution in [1.82, 2.24) is 9.80 Å². The molecule has 1 spiro atoms. The molecule has 0 unspecified atom stereocenters.